The second-order valence-corrected chi connectivity index (χ2v) is 9.49. The van der Waals surface area contributed by atoms with Gasteiger partial charge in [-0.15, -0.1) is 0 Å². The van der Waals surface area contributed by atoms with E-state index in [4.69, 9.17) is 9.47 Å². The summed E-state index contributed by atoms with van der Waals surface area (Å²) in [4.78, 5) is 12.9. The highest BCUT2D eigenvalue weighted by atomic mass is 32.2. The highest BCUT2D eigenvalue weighted by Crippen LogP contribution is 2.32. The van der Waals surface area contributed by atoms with E-state index in [1.165, 1.54) is 0 Å². The summed E-state index contributed by atoms with van der Waals surface area (Å²) in [5.74, 6) is 0.869. The van der Waals surface area contributed by atoms with E-state index in [1.54, 1.807) is 48.5 Å². The van der Waals surface area contributed by atoms with E-state index < -0.39 is 15.9 Å². The number of hydrogen-bond acceptors (Lipinski definition) is 5. The first-order valence-electron chi connectivity index (χ1n) is 10.1. The van der Waals surface area contributed by atoms with Crippen molar-refractivity contribution in [2.75, 3.05) is 17.6 Å². The van der Waals surface area contributed by atoms with Crippen LogP contribution in [0.15, 0.2) is 71.6 Å². The van der Waals surface area contributed by atoms with E-state index in [0.717, 1.165) is 21.0 Å². The Bertz CT molecular complexity index is 1220. The molecule has 0 saturated heterocycles. The van der Waals surface area contributed by atoms with Gasteiger partial charge in [0.25, 0.3) is 10.0 Å². The Labute approximate surface area is 187 Å². The largest absolute Gasteiger partial charge is 0.454 e. The molecule has 1 heterocycles. The first-order chi connectivity index (χ1) is 15.3. The van der Waals surface area contributed by atoms with Gasteiger partial charge in [0, 0.05) is 6.54 Å². The summed E-state index contributed by atoms with van der Waals surface area (Å²) in [6.07, 6.45) is 0. The van der Waals surface area contributed by atoms with Crippen LogP contribution < -0.4 is 19.1 Å². The molecule has 3 aromatic carbocycles. The average Bonchev–Trinajstić information content (AvgIpc) is 3.25. The Morgan fingerprint density at radius 3 is 2.22 bits per heavy atom. The van der Waals surface area contributed by atoms with Crippen molar-refractivity contribution in [3.05, 3.63) is 83.4 Å². The second kappa shape index (κ2) is 8.92. The molecule has 0 bridgehead atoms. The van der Waals surface area contributed by atoms with E-state index in [1.807, 2.05) is 32.0 Å². The molecule has 8 heteroatoms. The van der Waals surface area contributed by atoms with Crippen molar-refractivity contribution in [1.29, 1.82) is 0 Å². The second-order valence-electron chi connectivity index (χ2n) is 7.62. The molecule has 4 rings (SSSR count). The SMILES string of the molecule is Cc1ccc(N(CC(=O)NCc2ccc3c(c2)OCO3)S(=O)(=O)c2ccc(C)cc2)cc1. The fraction of sp³-hybridized carbons (Fsp3) is 0.208. The van der Waals surface area contributed by atoms with Gasteiger partial charge in [-0.1, -0.05) is 41.5 Å². The lowest BCUT2D eigenvalue weighted by Gasteiger charge is -2.24. The number of rotatable bonds is 7. The number of nitrogens with zero attached hydrogens (tertiary/aromatic N) is 1. The van der Waals surface area contributed by atoms with Crippen molar-refractivity contribution in [2.45, 2.75) is 25.3 Å². The first-order valence-corrected chi connectivity index (χ1v) is 11.6. The Kier molecular flexibility index (Phi) is 6.05. The molecule has 0 spiro atoms. The topological polar surface area (TPSA) is 84.9 Å². The van der Waals surface area contributed by atoms with Gasteiger partial charge in [-0.2, -0.15) is 0 Å². The van der Waals surface area contributed by atoms with Gasteiger partial charge in [0.1, 0.15) is 6.54 Å². The molecule has 0 radical (unpaired) electrons. The Hall–Kier alpha value is -3.52. The number of ether oxygens (including phenoxy) is 2. The number of anilines is 1. The minimum Gasteiger partial charge on any atom is -0.454 e. The summed E-state index contributed by atoms with van der Waals surface area (Å²) in [6.45, 7) is 3.87. The van der Waals surface area contributed by atoms with Crippen molar-refractivity contribution >= 4 is 21.6 Å². The summed E-state index contributed by atoms with van der Waals surface area (Å²) in [5.41, 5.74) is 3.20. The van der Waals surface area contributed by atoms with Gasteiger partial charge in [-0.3, -0.25) is 9.10 Å². The van der Waals surface area contributed by atoms with Crippen molar-refractivity contribution in [3.63, 3.8) is 0 Å². The lowest BCUT2D eigenvalue weighted by Crippen LogP contribution is -2.40. The summed E-state index contributed by atoms with van der Waals surface area (Å²) in [5, 5.41) is 2.79. The van der Waals surface area contributed by atoms with Crippen molar-refractivity contribution in [3.8, 4) is 11.5 Å². The van der Waals surface area contributed by atoms with Crippen LogP contribution in [0.4, 0.5) is 5.69 Å². The van der Waals surface area contributed by atoms with Crippen LogP contribution >= 0.6 is 0 Å². The van der Waals surface area contributed by atoms with Crippen molar-refractivity contribution in [2.24, 2.45) is 0 Å². The van der Waals surface area contributed by atoms with Crippen LogP contribution in [0.3, 0.4) is 0 Å². The third kappa shape index (κ3) is 4.70. The summed E-state index contributed by atoms with van der Waals surface area (Å²) in [6, 6.07) is 19.0. The van der Waals surface area contributed by atoms with E-state index >= 15 is 0 Å². The number of nitrogens with one attached hydrogen (secondary N) is 1. The van der Waals surface area contributed by atoms with Crippen LogP contribution in [0.2, 0.25) is 0 Å². The smallest absolute Gasteiger partial charge is 0.264 e. The number of aryl methyl sites for hydroxylation is 2. The minimum atomic E-state index is -3.93. The maximum Gasteiger partial charge on any atom is 0.264 e. The summed E-state index contributed by atoms with van der Waals surface area (Å²) in [7, 11) is -3.93. The zero-order valence-electron chi connectivity index (χ0n) is 17.9. The number of amides is 1. The molecule has 32 heavy (non-hydrogen) atoms. The zero-order valence-corrected chi connectivity index (χ0v) is 18.7. The molecule has 1 amide bonds. The number of sulfonamides is 1. The quantitative estimate of drug-likeness (QED) is 0.593. The third-order valence-electron chi connectivity index (χ3n) is 5.14. The van der Waals surface area contributed by atoms with Crippen LogP contribution in [0.25, 0.3) is 0 Å². The lowest BCUT2D eigenvalue weighted by molar-refractivity contribution is -0.119. The maximum absolute atomic E-state index is 13.4. The van der Waals surface area contributed by atoms with Gasteiger partial charge >= 0.3 is 0 Å². The monoisotopic (exact) mass is 452 g/mol. The summed E-state index contributed by atoms with van der Waals surface area (Å²) < 4.78 is 38.5. The highest BCUT2D eigenvalue weighted by molar-refractivity contribution is 7.92. The van der Waals surface area contributed by atoms with Crippen LogP contribution in [0.1, 0.15) is 16.7 Å². The predicted octanol–water partition coefficient (Wildman–Crippen LogP) is 3.54. The fourth-order valence-electron chi connectivity index (χ4n) is 3.30. The Balaban J connectivity index is 1.54. The van der Waals surface area contributed by atoms with Gasteiger partial charge in [0.05, 0.1) is 10.6 Å². The van der Waals surface area contributed by atoms with E-state index in [0.29, 0.717) is 17.2 Å². The fourth-order valence-corrected chi connectivity index (χ4v) is 4.72. The molecule has 1 N–H and O–H groups in total. The Morgan fingerprint density at radius 2 is 1.53 bits per heavy atom. The normalized spacial score (nSPS) is 12.4. The molecule has 0 aliphatic carbocycles. The van der Waals surface area contributed by atoms with Crippen LogP contribution in [-0.4, -0.2) is 27.7 Å². The molecular formula is C24H24N2O5S. The molecule has 1 aliphatic heterocycles. The van der Waals surface area contributed by atoms with Gasteiger partial charge in [0.2, 0.25) is 12.7 Å². The number of benzene rings is 3. The Morgan fingerprint density at radius 1 is 0.906 bits per heavy atom. The van der Waals surface area contributed by atoms with E-state index in [2.05, 4.69) is 5.32 Å². The predicted molar refractivity (Wildman–Crippen MR) is 121 cm³/mol. The number of hydrogen-bond donors (Lipinski definition) is 1. The van der Waals surface area contributed by atoms with Crippen molar-refractivity contribution < 1.29 is 22.7 Å². The van der Waals surface area contributed by atoms with Crippen molar-refractivity contribution in [1.82, 2.24) is 5.32 Å². The lowest BCUT2D eigenvalue weighted by atomic mass is 10.2. The van der Waals surface area contributed by atoms with Gasteiger partial charge in [-0.05, 0) is 55.8 Å². The van der Waals surface area contributed by atoms with E-state index in [9.17, 15) is 13.2 Å². The molecule has 3 aromatic rings. The molecule has 0 atom stereocenters. The third-order valence-corrected chi connectivity index (χ3v) is 6.93. The highest BCUT2D eigenvalue weighted by Gasteiger charge is 2.27. The zero-order chi connectivity index (χ0) is 22.7. The van der Waals surface area contributed by atoms with E-state index in [-0.39, 0.29) is 24.8 Å². The van der Waals surface area contributed by atoms with Gasteiger partial charge in [0.15, 0.2) is 11.5 Å². The van der Waals surface area contributed by atoms with Gasteiger partial charge < -0.3 is 14.8 Å². The number of fused-ring (bicyclic) bond motifs is 1. The first kappa shape index (κ1) is 21.7. The molecule has 1 aliphatic rings. The summed E-state index contributed by atoms with van der Waals surface area (Å²) >= 11 is 0. The molecule has 0 saturated carbocycles. The van der Waals surface area contributed by atoms with Crippen LogP contribution in [-0.2, 0) is 21.4 Å². The minimum absolute atomic E-state index is 0.132. The molecule has 0 unspecified atom stereocenters. The molecule has 0 aromatic heterocycles. The standard InChI is InChI=1S/C24H24N2O5S/c1-17-3-8-20(9-4-17)26(32(28,29)21-10-5-18(2)6-11-21)15-24(27)25-14-19-7-12-22-23(13-19)31-16-30-22/h3-13H,14-16H2,1-2H3,(H,25,27). The average molecular weight is 453 g/mol. The molecular weight excluding hydrogens is 428 g/mol. The number of carbonyl (C=O) groups excluding carboxylic acids is 1. The number of carbonyl (C=O) groups is 1. The molecule has 0 fully saturated rings. The molecule has 7 nitrogen and oxygen atoms in total. The molecule has 166 valence electrons. The maximum atomic E-state index is 13.4. The van der Waals surface area contributed by atoms with Crippen LogP contribution in [0.5, 0.6) is 11.5 Å². The van der Waals surface area contributed by atoms with Gasteiger partial charge in [-0.25, -0.2) is 8.42 Å². The van der Waals surface area contributed by atoms with Crippen LogP contribution in [0, 0.1) is 13.8 Å².